The molecule has 0 saturated carbocycles. The third kappa shape index (κ3) is 19.0. The lowest BCUT2D eigenvalue weighted by Crippen LogP contribution is -2.40. The first kappa shape index (κ1) is 43.4. The predicted molar refractivity (Wildman–Crippen MR) is 362 cm³/mol. The molecule has 10 rings (SSSR count). The number of carbonyl (C=O) groups excluding carboxylic acids is 2. The molecule has 2 amide bonds. The number of alkyl halides is 6. The minimum absolute atomic E-state index is 0.0197. The van der Waals surface area contributed by atoms with Crippen molar-refractivity contribution >= 4 is 35.3 Å². The van der Waals surface area contributed by atoms with Crippen molar-refractivity contribution in [2.24, 2.45) is 5.89 Å². The highest BCUT2D eigenvalue weighted by molar-refractivity contribution is 7.98. The van der Waals surface area contributed by atoms with Gasteiger partial charge in [-0.25, -0.2) is 8.78 Å². The van der Waals surface area contributed by atoms with Gasteiger partial charge in [-0.15, -0.1) is 0 Å². The van der Waals surface area contributed by atoms with Crippen LogP contribution in [0.15, 0.2) is 159 Å². The molecule has 0 saturated heterocycles. The number of nitrogens with zero attached hydrogens (tertiary/aromatic N) is 8. The molecule has 2 aliphatic carbocycles. The fraction of sp³-hybridized carbons (Fsp3) is 0.378. The van der Waals surface area contributed by atoms with Crippen molar-refractivity contribution in [2.75, 3.05) is 52.2 Å². The van der Waals surface area contributed by atoms with Crippen molar-refractivity contribution < 1.29 is 83.1 Å². The summed E-state index contributed by atoms with van der Waals surface area (Å²) in [7, 11) is 0. The predicted octanol–water partition coefficient (Wildman–Crippen LogP) is 15.0. The van der Waals surface area contributed by atoms with Crippen LogP contribution in [0.4, 0.5) is 35.1 Å². The molecule has 2 aliphatic rings. The van der Waals surface area contributed by atoms with Crippen LogP contribution in [0.25, 0.3) is 22.3 Å². The van der Waals surface area contributed by atoms with Gasteiger partial charge < -0.3 is 28.7 Å². The molecule has 508 valence electrons. The maximum atomic E-state index is 14.8. The maximum Gasteiger partial charge on any atom is 0.416 e. The average molecular weight is 1390 g/mol. The molecule has 0 radical (unpaired) electrons. The molecule has 12 nitrogen and oxygen atoms in total. The molecule has 2 aromatic heterocycles. The van der Waals surface area contributed by atoms with Crippen molar-refractivity contribution in [1.29, 1.82) is 0 Å². The quantitative estimate of drug-likeness (QED) is 0.0295. The number of hydrogen-bond acceptors (Lipinski definition) is 10. The normalized spacial score (nSPS) is 20.9. The lowest BCUT2D eigenvalue weighted by atomic mass is 9.98. The number of benzene rings is 6. The van der Waals surface area contributed by atoms with Gasteiger partial charge in [-0.1, -0.05) is 155 Å². The SMILES string of the molecule is [2H]C([2H])(Sc1nc(=O)c2c(n1C([2H])([2H])C(=O)N(CCN(C([2H])([2H])C)C([2H])([2H])C)Cc1ccc(-c3ccc(C(F)(F)F)cc3)cc1)C([2H])([2H])C([2H])(C)C2([2H])[2H])c1ccc(F)cc1.[2H]c1c([2H])c(-c2c([2H])c([2H])c(C(F)(F)F)c(C)c2[2H])c([2H])c([2H])c1CN(CCN(C([2H])([2H])C)C([2H])([2H])C)C(=O)C([2H])([2H])n1c(SC([2H])([2H])c2ccc(F)cc2)nc(=O)c2c1CCC2. The molecular formula is C74H80F8N8O4S2. The molecule has 22 heteroatoms. The van der Waals surface area contributed by atoms with Gasteiger partial charge in [-0.3, -0.25) is 19.2 Å². The number of carbonyl (C=O) groups is 2. The average Bonchev–Trinajstić information content (AvgIpc) is 1.51. The van der Waals surface area contributed by atoms with Crippen LogP contribution in [-0.4, -0.2) is 103 Å². The van der Waals surface area contributed by atoms with Crippen molar-refractivity contribution in [1.82, 2.24) is 38.7 Å². The van der Waals surface area contributed by atoms with Crippen LogP contribution >= 0.6 is 23.5 Å². The Labute approximate surface area is 603 Å². The third-order valence-corrected chi connectivity index (χ3v) is 16.3. The molecule has 0 spiro atoms. The second kappa shape index (κ2) is 32.9. The summed E-state index contributed by atoms with van der Waals surface area (Å²) in [6, 6.07) is 10.9. The Hall–Kier alpha value is -7.92. The molecule has 0 bridgehead atoms. The third-order valence-electron chi connectivity index (χ3n) is 14.7. The lowest BCUT2D eigenvalue weighted by molar-refractivity contribution is -0.138. The molecule has 0 aliphatic heterocycles. The van der Waals surface area contributed by atoms with E-state index >= 15 is 0 Å². The molecule has 1 unspecified atom stereocenters. The van der Waals surface area contributed by atoms with Gasteiger partial charge in [0, 0.05) is 96.5 Å². The van der Waals surface area contributed by atoms with E-state index in [9.17, 15) is 59.8 Å². The molecule has 6 aromatic carbocycles. The number of likely N-dealkylation sites (N-methyl/N-ethyl adjacent to an activating group) is 2. The molecule has 0 N–H and O–H groups in total. The van der Waals surface area contributed by atoms with E-state index in [1.54, 1.807) is 0 Å². The smallest absolute Gasteiger partial charge is 0.336 e. The summed E-state index contributed by atoms with van der Waals surface area (Å²) < 4.78 is 353. The number of halogens is 8. The van der Waals surface area contributed by atoms with Crippen LogP contribution in [0.2, 0.25) is 0 Å². The van der Waals surface area contributed by atoms with Gasteiger partial charge in [-0.2, -0.15) is 36.3 Å². The fourth-order valence-electron chi connectivity index (χ4n) is 9.72. The van der Waals surface area contributed by atoms with Gasteiger partial charge in [0.2, 0.25) is 11.8 Å². The van der Waals surface area contributed by atoms with E-state index in [1.165, 1.54) is 36.4 Å². The first-order valence-electron chi connectivity index (χ1n) is 43.3. The number of fused-ring (bicyclic) bond motifs is 2. The van der Waals surface area contributed by atoms with Crippen LogP contribution in [0.3, 0.4) is 0 Å². The summed E-state index contributed by atoms with van der Waals surface area (Å²) in [5, 5.41) is -1.57. The monoisotopic (exact) mass is 1390 g/mol. The Morgan fingerprint density at radius 1 is 0.573 bits per heavy atom. The van der Waals surface area contributed by atoms with Crippen LogP contribution in [-0.2, 0) is 85.0 Å². The minimum Gasteiger partial charge on any atom is -0.336 e. The Bertz CT molecular complexity index is 5450. The van der Waals surface area contributed by atoms with E-state index in [-0.39, 0.29) is 68.9 Å². The van der Waals surface area contributed by atoms with E-state index in [4.69, 9.17) is 32.9 Å². The highest BCUT2D eigenvalue weighted by Crippen LogP contribution is 2.36. The standard InChI is InChI=1S/2C37H40F4N4O2S/c1-4-43(5-2)18-19-44(22-26-6-10-28(11-7-26)29-12-14-30(15-13-29)37(39,40)41)34(46)23-45-33-21-25(3)20-32(33)35(47)42-36(45)48-24-27-8-16-31(38)17-9-27;1-4-43(5-2)19-20-44(22-26-9-13-28(14-10-26)29-15-18-32(25(3)21-29)37(39,40)41)34(46)23-45-33-8-6-7-31(33)35(47)42-36(45)48-24-27-11-16-30(38)17-12-27/h6-17,25H,4-5,18-24H2,1-3H3;9-18,21H,4-8,19-20,22-24H2,1-3H3/i4D2,5D2,20D2,21D2,23D2,24D2,25D;4D2,5D2,9D,10D,13D,14D,15D,18D,21D,23D2,24D2. The second-order valence-corrected chi connectivity index (χ2v) is 22.7. The van der Waals surface area contributed by atoms with Gasteiger partial charge in [0.15, 0.2) is 10.3 Å². The van der Waals surface area contributed by atoms with Crippen molar-refractivity contribution in [3.63, 3.8) is 0 Å². The van der Waals surface area contributed by atoms with E-state index in [2.05, 4.69) is 9.97 Å². The number of hydrogen-bond donors (Lipinski definition) is 0. The van der Waals surface area contributed by atoms with Gasteiger partial charge in [-0.05, 0) is 163 Å². The zero-order valence-corrected chi connectivity index (χ0v) is 53.8. The Kier molecular flexibility index (Phi) is 14.9. The molecule has 0 fully saturated rings. The highest BCUT2D eigenvalue weighted by atomic mass is 32.2. The number of amides is 2. The summed E-state index contributed by atoms with van der Waals surface area (Å²) in [5.41, 5.74) is -14.4. The number of thioether (sulfide) groups is 2. The zero-order valence-electron chi connectivity index (χ0n) is 80.2. The van der Waals surface area contributed by atoms with E-state index in [0.29, 0.717) is 27.3 Å². The second-order valence-electron chi connectivity index (χ2n) is 21.1. The van der Waals surface area contributed by atoms with Gasteiger partial charge in [0.05, 0.1) is 26.2 Å². The first-order chi connectivity index (χ1) is 56.4. The van der Waals surface area contributed by atoms with Crippen LogP contribution in [0.5, 0.6) is 0 Å². The van der Waals surface area contributed by atoms with Crippen LogP contribution in [0.1, 0.15) is 141 Å². The number of aromatic nitrogens is 4. The summed E-state index contributed by atoms with van der Waals surface area (Å²) in [6.07, 6.45) is -15.7. The van der Waals surface area contributed by atoms with Crippen molar-refractivity contribution in [3.05, 3.63) is 233 Å². The summed E-state index contributed by atoms with van der Waals surface area (Å²) >= 11 is 0.271. The summed E-state index contributed by atoms with van der Waals surface area (Å²) in [4.78, 5) is 67.2. The van der Waals surface area contributed by atoms with E-state index in [0.717, 1.165) is 117 Å². The molecule has 1 atom stereocenters. The van der Waals surface area contributed by atoms with E-state index in [1.807, 2.05) is 0 Å². The van der Waals surface area contributed by atoms with Crippen LogP contribution < -0.4 is 11.1 Å². The zero-order chi connectivity index (χ0) is 93.8. The highest BCUT2D eigenvalue weighted by Gasteiger charge is 2.34. The minimum atomic E-state index is -5.16. The Morgan fingerprint density at radius 3 is 1.52 bits per heavy atom. The molecule has 8 aromatic rings. The first-order valence-corrected chi connectivity index (χ1v) is 31.0. The summed E-state index contributed by atoms with van der Waals surface area (Å²) in [6.45, 7) is -14.7. The van der Waals surface area contributed by atoms with Gasteiger partial charge in [0.1, 0.15) is 24.6 Å². The van der Waals surface area contributed by atoms with E-state index < -0.39 is 252 Å². The largest absolute Gasteiger partial charge is 0.416 e. The summed E-state index contributed by atoms with van der Waals surface area (Å²) in [5.74, 6) is -7.34. The van der Waals surface area contributed by atoms with Crippen molar-refractivity contribution in [2.45, 2.75) is 134 Å². The van der Waals surface area contributed by atoms with Crippen molar-refractivity contribution in [3.8, 4) is 22.3 Å². The number of rotatable bonds is 26. The maximum absolute atomic E-state index is 14.8. The topological polar surface area (TPSA) is 117 Å². The molecule has 2 heterocycles. The lowest BCUT2D eigenvalue weighted by Gasteiger charge is -2.28. The molecule has 96 heavy (non-hydrogen) atoms. The fourth-order valence-corrected chi connectivity index (χ4v) is 11.1. The van der Waals surface area contributed by atoms with Gasteiger partial charge >= 0.3 is 12.4 Å². The Balaban J connectivity index is 0.000000281. The Morgan fingerprint density at radius 2 is 1.03 bits per heavy atom. The van der Waals surface area contributed by atoms with Gasteiger partial charge in [0.25, 0.3) is 11.1 Å². The van der Waals surface area contributed by atoms with Crippen LogP contribution in [0, 0.1) is 24.5 Å². The molecular weight excluding hydrogens is 1280 g/mol.